The lowest BCUT2D eigenvalue weighted by atomic mass is 9.92. The Morgan fingerprint density at radius 3 is 2.59 bits per heavy atom. The maximum Gasteiger partial charge on any atom is 0.322 e. The lowest BCUT2D eigenvalue weighted by Crippen LogP contribution is -2.40. The monoisotopic (exact) mass is 536 g/mol. The second-order valence-corrected chi connectivity index (χ2v) is 11.8. The van der Waals surface area contributed by atoms with E-state index in [0.717, 1.165) is 21.9 Å². The first-order chi connectivity index (χ1) is 17.6. The third-order valence-corrected chi connectivity index (χ3v) is 9.09. The molecule has 2 fully saturated rings. The van der Waals surface area contributed by atoms with Gasteiger partial charge in [0.15, 0.2) is 0 Å². The van der Waals surface area contributed by atoms with Gasteiger partial charge in [-0.25, -0.2) is 17.2 Å². The highest BCUT2D eigenvalue weighted by Crippen LogP contribution is 2.36. The molecule has 2 N–H and O–H groups in total. The van der Waals surface area contributed by atoms with Crippen LogP contribution in [0, 0.1) is 6.92 Å². The average Bonchev–Trinajstić information content (AvgIpc) is 3.35. The van der Waals surface area contributed by atoms with E-state index in [9.17, 15) is 27.1 Å². The number of alkyl halides is 2. The van der Waals surface area contributed by atoms with Crippen LogP contribution in [-0.4, -0.2) is 54.9 Å². The quantitative estimate of drug-likeness (QED) is 0.409. The summed E-state index contributed by atoms with van der Waals surface area (Å²) < 4.78 is 60.9. The molecule has 1 atom stereocenters. The van der Waals surface area contributed by atoms with E-state index in [1.165, 1.54) is 6.07 Å². The molecule has 0 unspecified atom stereocenters. The number of aliphatic carboxylic acids is 1. The van der Waals surface area contributed by atoms with Gasteiger partial charge in [0.25, 0.3) is 0 Å². The molecule has 2 aliphatic rings. The molecule has 202 valence electrons. The number of halogens is 2. The fourth-order valence-corrected chi connectivity index (χ4v) is 6.81. The Bertz CT molecular complexity index is 1210. The van der Waals surface area contributed by atoms with E-state index in [2.05, 4.69) is 5.32 Å². The third-order valence-electron chi connectivity index (χ3n) is 7.14. The van der Waals surface area contributed by atoms with Gasteiger partial charge in [-0.2, -0.15) is 4.31 Å². The van der Waals surface area contributed by atoms with Crippen LogP contribution < -0.4 is 10.1 Å². The second-order valence-electron chi connectivity index (χ2n) is 9.96. The van der Waals surface area contributed by atoms with Gasteiger partial charge in [-0.1, -0.05) is 24.3 Å². The largest absolute Gasteiger partial charge is 0.480 e. The molecule has 7 nitrogen and oxygen atoms in total. The summed E-state index contributed by atoms with van der Waals surface area (Å²) in [6, 6.07) is 11.2. The number of nitrogens with zero attached hydrogens (tertiary/aromatic N) is 1. The minimum atomic E-state index is -4.09. The number of hydrogen-bond acceptors (Lipinski definition) is 5. The number of carboxylic acids is 1. The Morgan fingerprint density at radius 1 is 1.14 bits per heavy atom. The van der Waals surface area contributed by atoms with Gasteiger partial charge in [0.2, 0.25) is 15.9 Å². The Hall–Kier alpha value is -2.56. The fourth-order valence-electron chi connectivity index (χ4n) is 5.07. The number of ether oxygens (including phenoxy) is 1. The van der Waals surface area contributed by atoms with Crippen LogP contribution in [0.4, 0.5) is 8.78 Å². The number of aryl methyl sites for hydroxylation is 2. The Morgan fingerprint density at radius 2 is 1.86 bits per heavy atom. The first-order valence-electron chi connectivity index (χ1n) is 12.8. The molecule has 2 aromatic rings. The van der Waals surface area contributed by atoms with Gasteiger partial charge in [0.05, 0.1) is 0 Å². The predicted octanol–water partition coefficient (Wildman–Crippen LogP) is 5.13. The smallest absolute Gasteiger partial charge is 0.322 e. The summed E-state index contributed by atoms with van der Waals surface area (Å²) in [4.78, 5) is 11.6. The summed E-state index contributed by atoms with van der Waals surface area (Å²) in [6.07, 6.45) is 2.97. The van der Waals surface area contributed by atoms with E-state index in [-0.39, 0.29) is 42.5 Å². The molecule has 1 aliphatic heterocycles. The van der Waals surface area contributed by atoms with Crippen molar-refractivity contribution in [2.75, 3.05) is 13.1 Å². The molecule has 1 heterocycles. The van der Waals surface area contributed by atoms with E-state index in [1.54, 1.807) is 18.2 Å². The first kappa shape index (κ1) is 27.5. The van der Waals surface area contributed by atoms with Crippen molar-refractivity contribution < 1.29 is 31.8 Å². The molecule has 0 bridgehead atoms. The maximum absolute atomic E-state index is 13.5. The Kier molecular flexibility index (Phi) is 8.50. The van der Waals surface area contributed by atoms with E-state index < -0.39 is 28.0 Å². The molecular weight excluding hydrogens is 502 g/mol. The first-order valence-corrected chi connectivity index (χ1v) is 14.2. The van der Waals surface area contributed by atoms with Crippen molar-refractivity contribution in [3.05, 3.63) is 53.6 Å². The van der Waals surface area contributed by atoms with Crippen molar-refractivity contribution in [3.8, 4) is 11.5 Å². The van der Waals surface area contributed by atoms with Crippen molar-refractivity contribution in [2.45, 2.75) is 81.2 Å². The lowest BCUT2D eigenvalue weighted by Gasteiger charge is -2.29. The molecule has 1 aliphatic carbocycles. The lowest BCUT2D eigenvalue weighted by molar-refractivity contribution is -0.140. The van der Waals surface area contributed by atoms with E-state index in [4.69, 9.17) is 4.74 Å². The highest BCUT2D eigenvalue weighted by atomic mass is 32.2. The zero-order valence-corrected chi connectivity index (χ0v) is 21.8. The molecular formula is C27H34F2N2O5S. The van der Waals surface area contributed by atoms with Crippen LogP contribution in [-0.2, 0) is 21.2 Å². The van der Waals surface area contributed by atoms with Gasteiger partial charge in [0, 0.05) is 25.4 Å². The molecule has 0 radical (unpaired) electrons. The summed E-state index contributed by atoms with van der Waals surface area (Å²) in [5.41, 5.74) is 1.71. The van der Waals surface area contributed by atoms with Crippen LogP contribution in [0.3, 0.4) is 0 Å². The van der Waals surface area contributed by atoms with Gasteiger partial charge < -0.3 is 15.2 Å². The molecule has 10 heteroatoms. The van der Waals surface area contributed by atoms with Crippen LogP contribution in [0.15, 0.2) is 47.4 Å². The molecule has 4 rings (SSSR count). The Labute approximate surface area is 216 Å². The average molecular weight is 537 g/mol. The van der Waals surface area contributed by atoms with E-state index in [0.29, 0.717) is 38.0 Å². The highest BCUT2D eigenvalue weighted by molar-refractivity contribution is 7.89. The molecule has 0 amide bonds. The number of carboxylic acid groups (broad SMARTS) is 1. The highest BCUT2D eigenvalue weighted by Gasteiger charge is 2.41. The molecule has 37 heavy (non-hydrogen) atoms. The molecule has 0 aromatic heterocycles. The van der Waals surface area contributed by atoms with Crippen LogP contribution in [0.1, 0.15) is 56.1 Å². The fraction of sp³-hybridized carbons (Fsp3) is 0.519. The SMILES string of the molecule is Cc1ccc(S(=O)(=O)N2CCC[C@H]2C(=O)O)c(Oc2ccccc2CCCNC2CCC(F)(F)CC2)c1. The minimum absolute atomic E-state index is 0.0585. The normalized spacial score (nSPS) is 20.7. The number of sulfonamides is 1. The third kappa shape index (κ3) is 6.66. The molecule has 0 spiro atoms. The summed E-state index contributed by atoms with van der Waals surface area (Å²) in [7, 11) is -4.09. The maximum atomic E-state index is 13.5. The van der Waals surface area contributed by atoms with Gasteiger partial charge >= 0.3 is 5.97 Å². The number of nitrogens with one attached hydrogen (secondary N) is 1. The van der Waals surface area contributed by atoms with Crippen molar-refractivity contribution in [1.82, 2.24) is 9.62 Å². The topological polar surface area (TPSA) is 95.9 Å². The zero-order chi connectivity index (χ0) is 26.6. The van der Waals surface area contributed by atoms with Crippen molar-refractivity contribution >= 4 is 16.0 Å². The second kappa shape index (κ2) is 11.4. The summed E-state index contributed by atoms with van der Waals surface area (Å²) in [5, 5.41) is 12.9. The van der Waals surface area contributed by atoms with E-state index >= 15 is 0 Å². The summed E-state index contributed by atoms with van der Waals surface area (Å²) >= 11 is 0. The number of benzene rings is 2. The molecule has 1 saturated carbocycles. The molecule has 2 aromatic carbocycles. The van der Waals surface area contributed by atoms with Crippen molar-refractivity contribution in [3.63, 3.8) is 0 Å². The number of carbonyl (C=O) groups is 1. The van der Waals surface area contributed by atoms with Gasteiger partial charge in [0.1, 0.15) is 22.4 Å². The number of hydrogen-bond donors (Lipinski definition) is 2. The zero-order valence-electron chi connectivity index (χ0n) is 21.0. The number of rotatable bonds is 10. The van der Waals surface area contributed by atoms with Gasteiger partial charge in [-0.15, -0.1) is 0 Å². The standard InChI is InChI=1S/C27H34F2N2O5S/c1-19-10-11-25(37(34,35)31-17-5-8-22(31)26(32)33)24(18-19)36-23-9-3-2-6-20(23)7-4-16-30-21-12-14-27(28,29)15-13-21/h2-3,6,9-11,18,21-22,30H,4-5,7-8,12-17H2,1H3,(H,32,33)/t22-/m0/s1. The molecule has 1 saturated heterocycles. The van der Waals surface area contributed by atoms with Crippen molar-refractivity contribution in [2.24, 2.45) is 0 Å². The summed E-state index contributed by atoms with van der Waals surface area (Å²) in [5.74, 6) is -3.01. The van der Waals surface area contributed by atoms with Gasteiger partial charge in [-0.3, -0.25) is 4.79 Å². The van der Waals surface area contributed by atoms with E-state index in [1.807, 2.05) is 25.1 Å². The summed E-state index contributed by atoms with van der Waals surface area (Å²) in [6.45, 7) is 2.66. The minimum Gasteiger partial charge on any atom is -0.480 e. The van der Waals surface area contributed by atoms with Crippen molar-refractivity contribution in [1.29, 1.82) is 0 Å². The van der Waals surface area contributed by atoms with Gasteiger partial charge in [-0.05, 0) is 81.3 Å². The predicted molar refractivity (Wildman–Crippen MR) is 136 cm³/mol. The van der Waals surface area contributed by atoms with Crippen LogP contribution in [0.2, 0.25) is 0 Å². The van der Waals surface area contributed by atoms with Crippen LogP contribution in [0.25, 0.3) is 0 Å². The number of para-hydroxylation sites is 1. The Balaban J connectivity index is 1.46. The van der Waals surface area contributed by atoms with Crippen LogP contribution >= 0.6 is 0 Å². The van der Waals surface area contributed by atoms with Crippen LogP contribution in [0.5, 0.6) is 11.5 Å².